The van der Waals surface area contributed by atoms with Gasteiger partial charge in [0.15, 0.2) is 0 Å². The summed E-state index contributed by atoms with van der Waals surface area (Å²) >= 11 is 0. The maximum Gasteiger partial charge on any atom is 0.269 e. The van der Waals surface area contributed by atoms with Crippen molar-refractivity contribution in [2.24, 2.45) is 0 Å². The minimum absolute atomic E-state index is 0.288. The lowest BCUT2D eigenvalue weighted by Gasteiger charge is -2.09. The van der Waals surface area contributed by atoms with Gasteiger partial charge in [-0.05, 0) is 35.9 Å². The van der Waals surface area contributed by atoms with Gasteiger partial charge in [-0.25, -0.2) is 0 Å². The molecule has 0 heterocycles. The van der Waals surface area contributed by atoms with E-state index in [9.17, 15) is 9.59 Å². The fourth-order valence-electron chi connectivity index (χ4n) is 2.17. The van der Waals surface area contributed by atoms with Crippen molar-refractivity contribution in [3.8, 4) is 17.2 Å². The Morgan fingerprint density at radius 3 is 2.18 bits per heavy atom. The molecule has 0 aromatic heterocycles. The largest absolute Gasteiger partial charge is 0.497 e. The Morgan fingerprint density at radius 1 is 0.964 bits per heavy atom. The molecule has 0 spiro atoms. The molecular formula is C21H22N2O5. The van der Waals surface area contributed by atoms with Crippen LogP contribution in [-0.2, 0) is 4.79 Å². The molecule has 0 saturated carbocycles. The monoisotopic (exact) mass is 382 g/mol. The minimum Gasteiger partial charge on any atom is -0.497 e. The lowest BCUT2D eigenvalue weighted by molar-refractivity contribution is -0.117. The molecule has 7 heteroatoms. The van der Waals surface area contributed by atoms with Gasteiger partial charge in [0.25, 0.3) is 11.8 Å². The van der Waals surface area contributed by atoms with E-state index in [1.165, 1.54) is 32.4 Å². The molecule has 0 unspecified atom stereocenters. The predicted octanol–water partition coefficient (Wildman–Crippen LogP) is 2.74. The van der Waals surface area contributed by atoms with Gasteiger partial charge in [0.1, 0.15) is 23.9 Å². The Bertz CT molecular complexity index is 837. The summed E-state index contributed by atoms with van der Waals surface area (Å²) in [6.45, 7) is 4.01. The molecule has 2 rings (SSSR count). The van der Waals surface area contributed by atoms with Crippen molar-refractivity contribution in [2.45, 2.75) is 0 Å². The van der Waals surface area contributed by atoms with E-state index in [0.717, 1.165) is 5.56 Å². The fourth-order valence-corrected chi connectivity index (χ4v) is 2.17. The number of carbonyl (C=O) groups excluding carboxylic acids is 2. The van der Waals surface area contributed by atoms with Crippen LogP contribution in [0.4, 0.5) is 0 Å². The molecule has 0 radical (unpaired) electrons. The number of nitrogens with one attached hydrogen (secondary N) is 2. The van der Waals surface area contributed by atoms with Crippen LogP contribution in [0, 0.1) is 0 Å². The Kier molecular flexibility index (Phi) is 7.65. The molecule has 146 valence electrons. The van der Waals surface area contributed by atoms with E-state index in [0.29, 0.717) is 23.9 Å². The van der Waals surface area contributed by atoms with Crippen LogP contribution in [0.2, 0.25) is 0 Å². The summed E-state index contributed by atoms with van der Waals surface area (Å²) in [5.74, 6) is 0.674. The third-order valence-electron chi connectivity index (χ3n) is 3.59. The number of amides is 2. The van der Waals surface area contributed by atoms with Crippen molar-refractivity contribution < 1.29 is 23.8 Å². The second-order valence-electron chi connectivity index (χ2n) is 5.55. The van der Waals surface area contributed by atoms with E-state index < -0.39 is 11.8 Å². The van der Waals surface area contributed by atoms with E-state index in [4.69, 9.17) is 14.2 Å². The van der Waals surface area contributed by atoms with E-state index >= 15 is 0 Å². The van der Waals surface area contributed by atoms with Gasteiger partial charge in [0.05, 0.1) is 14.2 Å². The maximum atomic E-state index is 12.2. The summed E-state index contributed by atoms with van der Waals surface area (Å²) in [5, 5.41) is 0. The van der Waals surface area contributed by atoms with Gasteiger partial charge >= 0.3 is 0 Å². The first-order valence-corrected chi connectivity index (χ1v) is 8.41. The normalized spacial score (nSPS) is 10.2. The van der Waals surface area contributed by atoms with Crippen LogP contribution in [0.25, 0.3) is 6.08 Å². The Morgan fingerprint density at radius 2 is 1.61 bits per heavy atom. The highest BCUT2D eigenvalue weighted by Crippen LogP contribution is 2.22. The Balaban J connectivity index is 1.90. The molecule has 2 amide bonds. The van der Waals surface area contributed by atoms with Crippen molar-refractivity contribution in [3.05, 3.63) is 72.3 Å². The molecule has 0 aliphatic rings. The van der Waals surface area contributed by atoms with Crippen molar-refractivity contribution in [2.75, 3.05) is 20.8 Å². The van der Waals surface area contributed by atoms with Crippen molar-refractivity contribution in [1.29, 1.82) is 0 Å². The molecule has 2 N–H and O–H groups in total. The summed E-state index contributed by atoms with van der Waals surface area (Å²) in [5.41, 5.74) is 5.76. The molecule has 0 fully saturated rings. The molecule has 2 aromatic carbocycles. The van der Waals surface area contributed by atoms with E-state index in [2.05, 4.69) is 17.4 Å². The molecule has 0 aliphatic heterocycles. The SMILES string of the molecule is C=CCOc1ccc(/C=C/C(=O)NNC(=O)c2cc(OC)cc(OC)c2)cc1. The summed E-state index contributed by atoms with van der Waals surface area (Å²) in [6, 6.07) is 11.9. The molecule has 0 aliphatic carbocycles. The molecule has 2 aromatic rings. The molecule has 7 nitrogen and oxygen atoms in total. The number of hydrogen-bond donors (Lipinski definition) is 2. The van der Waals surface area contributed by atoms with Crippen LogP contribution in [0.15, 0.2) is 61.2 Å². The minimum atomic E-state index is -0.498. The van der Waals surface area contributed by atoms with Crippen molar-refractivity contribution in [1.82, 2.24) is 10.9 Å². The van der Waals surface area contributed by atoms with Crippen molar-refractivity contribution in [3.63, 3.8) is 0 Å². The number of hydrazine groups is 1. The highest BCUT2D eigenvalue weighted by molar-refractivity contribution is 5.98. The number of rotatable bonds is 8. The third kappa shape index (κ3) is 6.21. The first kappa shape index (κ1) is 20.6. The first-order chi connectivity index (χ1) is 13.5. The van der Waals surface area contributed by atoms with Gasteiger partial charge in [-0.1, -0.05) is 24.8 Å². The van der Waals surface area contributed by atoms with E-state index in [-0.39, 0.29) is 5.56 Å². The van der Waals surface area contributed by atoms with Crippen LogP contribution in [0.5, 0.6) is 17.2 Å². The zero-order valence-electron chi connectivity index (χ0n) is 15.7. The summed E-state index contributed by atoms with van der Waals surface area (Å²) < 4.78 is 15.6. The smallest absolute Gasteiger partial charge is 0.269 e. The second-order valence-corrected chi connectivity index (χ2v) is 5.55. The topological polar surface area (TPSA) is 85.9 Å². The molecule has 28 heavy (non-hydrogen) atoms. The molecule has 0 saturated heterocycles. The fraction of sp³-hybridized carbons (Fsp3) is 0.143. The summed E-state index contributed by atoms with van der Waals surface area (Å²) in [6.07, 6.45) is 4.59. The number of benzene rings is 2. The van der Waals surface area contributed by atoms with Crippen molar-refractivity contribution >= 4 is 17.9 Å². The van der Waals surface area contributed by atoms with Crippen LogP contribution < -0.4 is 25.1 Å². The quantitative estimate of drug-likeness (QED) is 0.417. The van der Waals surface area contributed by atoms with Gasteiger partial charge in [0.2, 0.25) is 0 Å². The number of ether oxygens (including phenoxy) is 3. The van der Waals surface area contributed by atoms with Gasteiger partial charge in [0, 0.05) is 17.7 Å². The first-order valence-electron chi connectivity index (χ1n) is 8.41. The van der Waals surface area contributed by atoms with Crippen LogP contribution in [0.3, 0.4) is 0 Å². The summed E-state index contributed by atoms with van der Waals surface area (Å²) in [4.78, 5) is 24.1. The van der Waals surface area contributed by atoms with Gasteiger partial charge < -0.3 is 14.2 Å². The highest BCUT2D eigenvalue weighted by Gasteiger charge is 2.10. The van der Waals surface area contributed by atoms with E-state index in [1.54, 1.807) is 30.4 Å². The predicted molar refractivity (Wildman–Crippen MR) is 106 cm³/mol. The van der Waals surface area contributed by atoms with Crippen LogP contribution in [0.1, 0.15) is 15.9 Å². The number of carbonyl (C=O) groups is 2. The Hall–Kier alpha value is -3.74. The van der Waals surface area contributed by atoms with Crippen LogP contribution >= 0.6 is 0 Å². The maximum absolute atomic E-state index is 12.2. The average molecular weight is 382 g/mol. The zero-order chi connectivity index (χ0) is 20.4. The average Bonchev–Trinajstić information content (AvgIpc) is 2.74. The number of hydrogen-bond acceptors (Lipinski definition) is 5. The lowest BCUT2D eigenvalue weighted by Crippen LogP contribution is -2.40. The van der Waals surface area contributed by atoms with Gasteiger partial charge in [-0.2, -0.15) is 0 Å². The molecular weight excluding hydrogens is 360 g/mol. The highest BCUT2D eigenvalue weighted by atomic mass is 16.5. The molecule has 0 bridgehead atoms. The Labute approximate surface area is 163 Å². The zero-order valence-corrected chi connectivity index (χ0v) is 15.7. The lowest BCUT2D eigenvalue weighted by atomic mass is 10.2. The van der Waals surface area contributed by atoms with Gasteiger partial charge in [-0.15, -0.1) is 0 Å². The van der Waals surface area contributed by atoms with E-state index in [1.807, 2.05) is 12.1 Å². The van der Waals surface area contributed by atoms with Gasteiger partial charge in [-0.3, -0.25) is 20.4 Å². The third-order valence-corrected chi connectivity index (χ3v) is 3.59. The molecule has 0 atom stereocenters. The van der Waals surface area contributed by atoms with Crippen LogP contribution in [-0.4, -0.2) is 32.6 Å². The standard InChI is InChI=1S/C21H22N2O5/c1-4-11-28-17-8-5-15(6-9-17)7-10-20(24)22-23-21(25)16-12-18(26-2)14-19(13-16)27-3/h4-10,12-14H,1,11H2,2-3H3,(H,22,24)(H,23,25)/b10-7+. The second kappa shape index (κ2) is 10.4. The number of methoxy groups -OCH3 is 2. The summed E-state index contributed by atoms with van der Waals surface area (Å²) in [7, 11) is 2.97.